The van der Waals surface area contributed by atoms with E-state index in [1.807, 2.05) is 98.3 Å². The van der Waals surface area contributed by atoms with Gasteiger partial charge in [0.25, 0.3) is 5.91 Å². The zero-order valence-electron chi connectivity index (χ0n) is 75.0. The van der Waals surface area contributed by atoms with Gasteiger partial charge in [-0.3, -0.25) is 66.5 Å². The van der Waals surface area contributed by atoms with Gasteiger partial charge < -0.3 is 57.3 Å². The van der Waals surface area contributed by atoms with Crippen molar-refractivity contribution in [3.63, 3.8) is 0 Å². The number of nitrogens with zero attached hydrogens (tertiary/aromatic N) is 16. The number of anilines is 1. The molecule has 22 nitrogen and oxygen atoms in total. The average Bonchev–Trinajstić information content (AvgIpc) is 1.58. The number of amides is 1. The molecule has 0 aliphatic carbocycles. The number of hydrazone groups is 2. The molecule has 680 valence electrons. The van der Waals surface area contributed by atoms with Crippen LogP contribution in [0.15, 0.2) is 232 Å². The van der Waals surface area contributed by atoms with E-state index in [2.05, 4.69) is 214 Å². The fourth-order valence-electron chi connectivity index (χ4n) is 19.8. The summed E-state index contributed by atoms with van der Waals surface area (Å²) in [7, 11) is 6.02. The molecular formula is C106H101F6N19O3. The number of fused-ring (bicyclic) bond motifs is 30. The highest BCUT2D eigenvalue weighted by atomic mass is 19.1. The van der Waals surface area contributed by atoms with Crippen molar-refractivity contribution in [1.82, 2.24) is 77.9 Å². The summed E-state index contributed by atoms with van der Waals surface area (Å²) in [6.07, 6.45) is 15.6. The number of nitrogens with one attached hydrogen (secondary N) is 3. The number of halogens is 6. The Morgan fingerprint density at radius 2 is 0.746 bits per heavy atom. The Hall–Kier alpha value is -15.2. The summed E-state index contributed by atoms with van der Waals surface area (Å²) in [5.74, 6) is 1.29. The van der Waals surface area contributed by atoms with Crippen molar-refractivity contribution in [2.75, 3.05) is 86.3 Å². The summed E-state index contributed by atoms with van der Waals surface area (Å²) in [6, 6.07) is 52.7. The minimum absolute atomic E-state index is 0.00387. The van der Waals surface area contributed by atoms with Crippen LogP contribution in [0, 0.1) is 0 Å². The van der Waals surface area contributed by atoms with E-state index in [0.717, 1.165) is 193 Å². The van der Waals surface area contributed by atoms with Crippen molar-refractivity contribution in [2.24, 2.45) is 10.2 Å². The van der Waals surface area contributed by atoms with Crippen molar-refractivity contribution in [1.29, 1.82) is 0 Å². The van der Waals surface area contributed by atoms with Crippen LogP contribution in [0.25, 0.3) is 160 Å². The molecule has 18 aromatic rings. The lowest BCUT2D eigenvalue weighted by Crippen LogP contribution is -2.25. The number of hydrogen-bond acceptors (Lipinski definition) is 15. The Kier molecular flexibility index (Phi) is 24.9. The quantitative estimate of drug-likeness (QED) is 0.0686. The highest BCUT2D eigenvalue weighted by Crippen LogP contribution is 2.47. The molecule has 0 atom stereocenters. The lowest BCUT2D eigenvalue weighted by atomic mass is 10.00. The number of alkyl halides is 6. The minimum Gasteiger partial charge on any atom is -0.490 e. The van der Waals surface area contributed by atoms with Gasteiger partial charge in [0.1, 0.15) is 12.4 Å². The standard InChI is InChI=1S/C19H19FN2.C18H17FN4.C18H18FN3O.C18H18FN3.C17H15FN4.C16H14FN3O2/c1-13-14-8-9-18-19(16(14)12-21(13)2)15-6-3-4-7-17(15)22(18)11-5-10-20;1-12-13-6-7-15-17(14(13)11-21-22(12)2)18-16(5-3-9-20-18)23(15)10-4-8-19;1-12-13-5-6-14-16(18(13)23-11-9-20-12)17-15(4-2-8-21-17)22(14)10-3-7-19;1-12-13-6-7-15-17(14(13)11-21(12)2)18-16(5-3-9-20-18)22(15)10-4-8-19;1-11-12-5-6-14-16(13(12)10-20-21-11)17-15(4-2-8-19-17)22(14)9-3-7-18;17-6-2-8-20-11-5-4-10-16(22-9-13(21)19-10)14(11)15-12(20)3-1-7-18-15/h3-4,6-9H,1,5,10-12H2,2H3;3,5-7,9,11H,1,4,8,10H2,2H3;2,4-6,8,20H,1,3,7,9-11H2;3,5-7,9H,1,4,8,10-11H2,2H3;2,4-6,8,10,21H,1,3,7,9H2;1,3-5,7H,2,6,8-9H2,(H,19,21). The molecule has 0 spiro atoms. The monoisotopic (exact) mass is 1800 g/mol. The van der Waals surface area contributed by atoms with E-state index >= 15 is 0 Å². The van der Waals surface area contributed by atoms with Gasteiger partial charge in [0, 0.05) is 205 Å². The van der Waals surface area contributed by atoms with Crippen LogP contribution in [0.3, 0.4) is 0 Å². The number of carbonyl (C=O) groups is 1. The zero-order valence-corrected chi connectivity index (χ0v) is 75.0. The van der Waals surface area contributed by atoms with Crippen LogP contribution >= 0.6 is 0 Å². The Balaban J connectivity index is 0.000000103. The third kappa shape index (κ3) is 15.7. The van der Waals surface area contributed by atoms with E-state index in [9.17, 15) is 31.1 Å². The molecule has 24 rings (SSSR count). The maximum Gasteiger partial charge on any atom is 0.262 e. The average molecular weight is 1800 g/mol. The molecule has 0 saturated carbocycles. The number of pyridine rings is 5. The van der Waals surface area contributed by atoms with Gasteiger partial charge in [0.05, 0.1) is 163 Å². The summed E-state index contributed by atoms with van der Waals surface area (Å²) in [6.45, 7) is 25.6. The number of rotatable bonds is 18. The van der Waals surface area contributed by atoms with E-state index in [1.54, 1.807) is 36.0 Å². The molecule has 7 aromatic carbocycles. The Bertz CT molecular complexity index is 7660. The van der Waals surface area contributed by atoms with Crippen LogP contribution in [0.5, 0.6) is 11.5 Å². The van der Waals surface area contributed by atoms with Crippen molar-refractivity contribution >= 4 is 184 Å². The number of aromatic nitrogens is 11. The smallest absolute Gasteiger partial charge is 0.262 e. The molecule has 134 heavy (non-hydrogen) atoms. The Morgan fingerprint density at radius 1 is 0.366 bits per heavy atom. The van der Waals surface area contributed by atoms with Gasteiger partial charge in [-0.05, 0) is 165 Å². The van der Waals surface area contributed by atoms with Gasteiger partial charge in [0.15, 0.2) is 12.4 Å². The van der Waals surface area contributed by atoms with E-state index in [4.69, 9.17) is 9.47 Å². The summed E-state index contributed by atoms with van der Waals surface area (Å²) >= 11 is 0. The van der Waals surface area contributed by atoms with Crippen LogP contribution < -0.4 is 25.5 Å². The topological polar surface area (TPSA) is 200 Å². The number of benzene rings is 7. The zero-order chi connectivity index (χ0) is 92.5. The Morgan fingerprint density at radius 3 is 1.23 bits per heavy atom. The number of hydrogen-bond donors (Lipinski definition) is 3. The molecule has 17 heterocycles. The largest absolute Gasteiger partial charge is 0.490 e. The summed E-state index contributed by atoms with van der Waals surface area (Å²) < 4.78 is 101. The molecule has 0 radical (unpaired) electrons. The van der Waals surface area contributed by atoms with Crippen LogP contribution in [-0.4, -0.2) is 166 Å². The fraction of sp³-hybridized carbons (Fsp3) is 0.245. The summed E-state index contributed by atoms with van der Waals surface area (Å²) in [4.78, 5) is 38.6. The molecule has 6 aliphatic rings. The lowest BCUT2D eigenvalue weighted by molar-refractivity contribution is -0.118. The normalized spacial score (nSPS) is 14.1. The molecule has 0 saturated heterocycles. The van der Waals surface area contributed by atoms with Crippen LogP contribution in [0.1, 0.15) is 88.6 Å². The van der Waals surface area contributed by atoms with Gasteiger partial charge in [-0.2, -0.15) is 10.2 Å². The highest BCUT2D eigenvalue weighted by molar-refractivity contribution is 6.19. The van der Waals surface area contributed by atoms with Crippen LogP contribution in [0.4, 0.5) is 32.0 Å². The maximum atomic E-state index is 12.7. The molecule has 28 heteroatoms. The first-order valence-corrected chi connectivity index (χ1v) is 45.2. The second-order valence-electron chi connectivity index (χ2n) is 33.8. The second kappa shape index (κ2) is 37.9. The molecule has 1 amide bonds. The van der Waals surface area contributed by atoms with Gasteiger partial charge >= 0.3 is 0 Å². The van der Waals surface area contributed by atoms with E-state index in [1.165, 1.54) is 49.4 Å². The first-order chi connectivity index (χ1) is 65.6. The highest BCUT2D eigenvalue weighted by Gasteiger charge is 2.31. The lowest BCUT2D eigenvalue weighted by Gasteiger charge is -2.22. The SMILES string of the molecule is C=C1NCCOc2c1ccc1c2c2ncccc2n1CCCF.C=C1NN=Cc2c1ccc1c2c2ncccc2n1CCCF.C=C1c2ccc3c(c2C=NN1C)c1ncccc1n3CCCF.C=C1c2ccc3c(c2CN1C)c1ccccc1n3CCCF.C=C1c2ccc3c(c2CN1C)c1ncccc1n3CCCF.O=C1COc2c(ccc3c2c2ncccc2n3CCCF)N1. The predicted molar refractivity (Wildman–Crippen MR) is 531 cm³/mol. The molecule has 0 unspecified atom stereocenters. The third-order valence-corrected chi connectivity index (χ3v) is 25.9. The number of aryl methyl sites for hydroxylation is 6. The second-order valence-corrected chi connectivity index (χ2v) is 33.8. The van der Waals surface area contributed by atoms with E-state index < -0.39 is 0 Å². The van der Waals surface area contributed by atoms with Crippen molar-refractivity contribution in [2.45, 2.75) is 90.9 Å². The van der Waals surface area contributed by atoms with Gasteiger partial charge in [-0.25, -0.2) is 0 Å². The van der Waals surface area contributed by atoms with Gasteiger partial charge in [-0.1, -0.05) is 75.4 Å². The molecule has 3 N–H and O–H groups in total. The van der Waals surface area contributed by atoms with E-state index in [-0.39, 0.29) is 52.6 Å². The van der Waals surface area contributed by atoms with Gasteiger partial charge in [0.2, 0.25) is 0 Å². The number of carbonyl (C=O) groups excluding carboxylic acids is 1. The molecular weight excluding hydrogens is 1700 g/mol. The van der Waals surface area contributed by atoms with Gasteiger partial charge in [-0.15, -0.1) is 0 Å². The maximum absolute atomic E-state index is 12.7. The van der Waals surface area contributed by atoms with Crippen LogP contribution in [-0.2, 0) is 57.2 Å². The van der Waals surface area contributed by atoms with E-state index in [0.29, 0.717) is 89.3 Å². The molecule has 0 fully saturated rings. The first kappa shape index (κ1) is 88.1. The van der Waals surface area contributed by atoms with Crippen molar-refractivity contribution in [3.05, 3.63) is 272 Å². The van der Waals surface area contributed by atoms with Crippen LogP contribution in [0.2, 0.25) is 0 Å². The van der Waals surface area contributed by atoms with Crippen molar-refractivity contribution < 1.29 is 40.6 Å². The first-order valence-electron chi connectivity index (χ1n) is 45.2. The predicted octanol–water partition coefficient (Wildman–Crippen LogP) is 22.2. The summed E-state index contributed by atoms with van der Waals surface area (Å²) in [5.41, 5.74) is 35.7. The molecule has 11 aromatic heterocycles. The molecule has 0 bridgehead atoms. The minimum atomic E-state index is -0.362. The Labute approximate surface area is 768 Å². The third-order valence-electron chi connectivity index (χ3n) is 25.9. The number of ether oxygens (including phenoxy) is 2. The van der Waals surface area contributed by atoms with Crippen molar-refractivity contribution in [3.8, 4) is 11.5 Å². The fourth-order valence-corrected chi connectivity index (χ4v) is 19.8. The number of para-hydroxylation sites is 1. The molecule has 6 aliphatic heterocycles. The summed E-state index contributed by atoms with van der Waals surface area (Å²) in [5, 5.41) is 24.1.